The molecule has 154 valence electrons. The van der Waals surface area contributed by atoms with Crippen molar-refractivity contribution in [2.75, 3.05) is 11.0 Å². The molecule has 0 bridgehead atoms. The second-order valence-corrected chi connectivity index (χ2v) is 9.98. The Labute approximate surface area is 179 Å². The number of carbonyl (C=O) groups is 1. The average Bonchev–Trinajstić information content (AvgIpc) is 3.36. The topological polar surface area (TPSA) is 78.8 Å². The maximum atomic E-state index is 13.3. The monoisotopic (exact) mass is 439 g/mol. The van der Waals surface area contributed by atoms with Crippen molar-refractivity contribution in [1.82, 2.24) is 5.01 Å². The zero-order valence-corrected chi connectivity index (χ0v) is 18.2. The van der Waals surface area contributed by atoms with Gasteiger partial charge in [0.15, 0.2) is 0 Å². The van der Waals surface area contributed by atoms with E-state index >= 15 is 0 Å². The van der Waals surface area contributed by atoms with E-state index in [1.165, 1.54) is 0 Å². The lowest BCUT2D eigenvalue weighted by atomic mass is 10.0. The molecule has 2 heterocycles. The summed E-state index contributed by atoms with van der Waals surface area (Å²) in [6.07, 6.45) is 1.67. The lowest BCUT2D eigenvalue weighted by Crippen LogP contribution is -2.26. The highest BCUT2D eigenvalue weighted by atomic mass is 32.2. The smallest absolute Gasteiger partial charge is 0.274 e. The molecular formula is C22H21N3O3S2. The molecule has 8 heteroatoms. The fourth-order valence-electron chi connectivity index (χ4n) is 3.46. The maximum Gasteiger partial charge on any atom is 0.274 e. The van der Waals surface area contributed by atoms with Crippen LogP contribution < -0.4 is 4.72 Å². The van der Waals surface area contributed by atoms with Gasteiger partial charge in [-0.3, -0.25) is 9.52 Å². The highest BCUT2D eigenvalue weighted by molar-refractivity contribution is 7.92. The minimum absolute atomic E-state index is 0.155. The number of nitrogens with one attached hydrogen (secondary N) is 1. The molecule has 1 N–H and O–H groups in total. The Morgan fingerprint density at radius 3 is 2.63 bits per heavy atom. The van der Waals surface area contributed by atoms with E-state index in [1.807, 2.05) is 48.7 Å². The van der Waals surface area contributed by atoms with E-state index in [0.29, 0.717) is 17.7 Å². The zero-order chi connectivity index (χ0) is 21.3. The van der Waals surface area contributed by atoms with Crippen molar-refractivity contribution in [2.24, 2.45) is 5.10 Å². The number of carbonyl (C=O) groups excluding carboxylic acids is 1. The van der Waals surface area contributed by atoms with Crippen LogP contribution in [0.1, 0.15) is 38.8 Å². The van der Waals surface area contributed by atoms with Crippen molar-refractivity contribution in [3.8, 4) is 0 Å². The molecule has 2 aromatic carbocycles. The number of hydrogen-bond acceptors (Lipinski definition) is 5. The molecule has 1 aliphatic heterocycles. The summed E-state index contributed by atoms with van der Waals surface area (Å²) in [5, 5.41) is 8.20. The van der Waals surface area contributed by atoms with Crippen LogP contribution in [0.4, 0.5) is 5.69 Å². The first-order valence-electron chi connectivity index (χ1n) is 9.39. The molecule has 6 nitrogen and oxygen atoms in total. The molecular weight excluding hydrogens is 418 g/mol. The van der Waals surface area contributed by atoms with E-state index < -0.39 is 10.0 Å². The quantitative estimate of drug-likeness (QED) is 0.639. The van der Waals surface area contributed by atoms with Gasteiger partial charge in [-0.05, 0) is 48.2 Å². The second kappa shape index (κ2) is 8.04. The molecule has 0 saturated carbocycles. The number of amides is 1. The number of rotatable bonds is 5. The standard InChI is InChI=1S/C22H21N3O3S2/c1-15-6-3-8-17(12-15)22(26)25-20(21-10-5-11-29-21)14-19(23-25)16-7-4-9-18(13-16)24-30(2,27)28/h3-13,20,24H,14H2,1-2H3. The third-order valence-electron chi connectivity index (χ3n) is 4.75. The summed E-state index contributed by atoms with van der Waals surface area (Å²) < 4.78 is 25.6. The van der Waals surface area contributed by atoms with Crippen molar-refractivity contribution in [3.05, 3.63) is 87.6 Å². The molecule has 1 aromatic heterocycles. The molecule has 1 unspecified atom stereocenters. The zero-order valence-electron chi connectivity index (χ0n) is 16.6. The van der Waals surface area contributed by atoms with Gasteiger partial charge in [-0.1, -0.05) is 35.9 Å². The maximum absolute atomic E-state index is 13.3. The number of hydrazone groups is 1. The Kier molecular flexibility index (Phi) is 5.44. The third-order valence-corrected chi connectivity index (χ3v) is 6.33. The van der Waals surface area contributed by atoms with E-state index in [2.05, 4.69) is 9.82 Å². The molecule has 30 heavy (non-hydrogen) atoms. The molecule has 0 aliphatic carbocycles. The van der Waals surface area contributed by atoms with Crippen LogP contribution in [-0.2, 0) is 10.0 Å². The fraction of sp³-hybridized carbons (Fsp3) is 0.182. The summed E-state index contributed by atoms with van der Waals surface area (Å²) in [6.45, 7) is 1.95. The van der Waals surface area contributed by atoms with Crippen LogP contribution in [0.15, 0.2) is 71.1 Å². The summed E-state index contributed by atoms with van der Waals surface area (Å²) in [7, 11) is -3.38. The summed E-state index contributed by atoms with van der Waals surface area (Å²) >= 11 is 1.59. The minimum atomic E-state index is -3.38. The third kappa shape index (κ3) is 4.44. The normalized spacial score (nSPS) is 16.4. The van der Waals surface area contributed by atoms with Crippen LogP contribution >= 0.6 is 11.3 Å². The molecule has 1 aliphatic rings. The van der Waals surface area contributed by atoms with Gasteiger partial charge < -0.3 is 0 Å². The van der Waals surface area contributed by atoms with Crippen molar-refractivity contribution in [1.29, 1.82) is 0 Å². The number of hydrogen-bond donors (Lipinski definition) is 1. The van der Waals surface area contributed by atoms with Crippen LogP contribution in [0.2, 0.25) is 0 Å². The van der Waals surface area contributed by atoms with Crippen molar-refractivity contribution in [3.63, 3.8) is 0 Å². The molecule has 0 fully saturated rings. The first-order chi connectivity index (χ1) is 14.3. The predicted molar refractivity (Wildman–Crippen MR) is 120 cm³/mol. The molecule has 3 aromatic rings. The summed E-state index contributed by atoms with van der Waals surface area (Å²) in [4.78, 5) is 14.3. The van der Waals surface area contributed by atoms with Crippen LogP contribution in [0.25, 0.3) is 0 Å². The predicted octanol–water partition coefficient (Wildman–Crippen LogP) is 4.42. The highest BCUT2D eigenvalue weighted by Gasteiger charge is 2.34. The van der Waals surface area contributed by atoms with Gasteiger partial charge in [0.2, 0.25) is 10.0 Å². The fourth-order valence-corrected chi connectivity index (χ4v) is 4.83. The lowest BCUT2D eigenvalue weighted by molar-refractivity contribution is 0.0713. The average molecular weight is 440 g/mol. The lowest BCUT2D eigenvalue weighted by Gasteiger charge is -2.20. The number of aryl methyl sites for hydroxylation is 1. The van der Waals surface area contributed by atoms with Gasteiger partial charge in [0.25, 0.3) is 5.91 Å². The van der Waals surface area contributed by atoms with Crippen molar-refractivity contribution in [2.45, 2.75) is 19.4 Å². The molecule has 4 rings (SSSR count). The van der Waals surface area contributed by atoms with E-state index in [-0.39, 0.29) is 11.9 Å². The van der Waals surface area contributed by atoms with Crippen LogP contribution in [0.5, 0.6) is 0 Å². The van der Waals surface area contributed by atoms with Crippen LogP contribution in [0, 0.1) is 6.92 Å². The Hall–Kier alpha value is -2.97. The second-order valence-electron chi connectivity index (χ2n) is 7.26. The van der Waals surface area contributed by atoms with Gasteiger partial charge in [-0.25, -0.2) is 13.4 Å². The van der Waals surface area contributed by atoms with Gasteiger partial charge >= 0.3 is 0 Å². The van der Waals surface area contributed by atoms with Crippen LogP contribution in [0.3, 0.4) is 0 Å². The molecule has 0 radical (unpaired) electrons. The molecule has 1 amide bonds. The molecule has 1 atom stereocenters. The van der Waals surface area contributed by atoms with Gasteiger partial charge in [-0.2, -0.15) is 5.10 Å². The van der Waals surface area contributed by atoms with Gasteiger partial charge in [-0.15, -0.1) is 11.3 Å². The summed E-state index contributed by atoms with van der Waals surface area (Å²) in [6, 6.07) is 18.3. The van der Waals surface area contributed by atoms with Crippen molar-refractivity contribution < 1.29 is 13.2 Å². The Morgan fingerprint density at radius 2 is 1.93 bits per heavy atom. The molecule has 0 spiro atoms. The van der Waals surface area contributed by atoms with Gasteiger partial charge in [0, 0.05) is 22.5 Å². The first-order valence-corrected chi connectivity index (χ1v) is 12.2. The van der Waals surface area contributed by atoms with Crippen LogP contribution in [-0.4, -0.2) is 31.3 Å². The van der Waals surface area contributed by atoms with Gasteiger partial charge in [0.1, 0.15) is 0 Å². The first kappa shape index (κ1) is 20.3. The Bertz CT molecular complexity index is 1220. The number of anilines is 1. The molecule has 0 saturated heterocycles. The van der Waals surface area contributed by atoms with Crippen molar-refractivity contribution >= 4 is 38.7 Å². The largest absolute Gasteiger partial charge is 0.284 e. The van der Waals surface area contributed by atoms with E-state index in [0.717, 1.165) is 28.0 Å². The van der Waals surface area contributed by atoms with E-state index in [9.17, 15) is 13.2 Å². The summed E-state index contributed by atoms with van der Waals surface area (Å²) in [5.74, 6) is -0.155. The number of sulfonamides is 1. The Balaban J connectivity index is 1.70. The SMILES string of the molecule is Cc1cccc(C(=O)N2N=C(c3cccc(NS(C)(=O)=O)c3)CC2c2cccs2)c1. The summed E-state index contributed by atoms with van der Waals surface area (Å²) in [5.41, 5.74) is 3.59. The minimum Gasteiger partial charge on any atom is -0.284 e. The van der Waals surface area contributed by atoms with Gasteiger partial charge in [0.05, 0.1) is 18.0 Å². The highest BCUT2D eigenvalue weighted by Crippen LogP contribution is 2.36. The number of nitrogens with zero attached hydrogens (tertiary/aromatic N) is 2. The number of thiophene rings is 1. The van der Waals surface area contributed by atoms with E-state index in [1.54, 1.807) is 40.6 Å². The number of benzene rings is 2. The Morgan fingerprint density at radius 1 is 1.13 bits per heavy atom. The van der Waals surface area contributed by atoms with E-state index in [4.69, 9.17) is 0 Å².